The largest absolute Gasteiger partial charge is 0.366 e. The normalized spacial score (nSPS) is 17.6. The standard InChI is InChI=1S/C22H23ClFN3O2/c1-15-13-26(14-16-2-7-19(24)8-3-16)10-11-27(15)21(28)9-5-17-4-6-18(23)12-20(17)22(25)29/h2-9,12,15H,10-11,13-14H2,1H3,(H2,25,29)/b9-5+/t15-/m1/s1. The van der Waals surface area contributed by atoms with Gasteiger partial charge in [0.2, 0.25) is 11.8 Å². The molecule has 0 unspecified atom stereocenters. The molecule has 5 nitrogen and oxygen atoms in total. The second kappa shape index (κ2) is 9.20. The molecule has 1 aliphatic heterocycles. The van der Waals surface area contributed by atoms with E-state index in [1.165, 1.54) is 24.3 Å². The van der Waals surface area contributed by atoms with Gasteiger partial charge in [0.15, 0.2) is 0 Å². The Kier molecular flexibility index (Phi) is 6.67. The van der Waals surface area contributed by atoms with Crippen molar-refractivity contribution >= 4 is 29.5 Å². The van der Waals surface area contributed by atoms with Crippen molar-refractivity contribution in [1.29, 1.82) is 0 Å². The monoisotopic (exact) mass is 415 g/mol. The lowest BCUT2D eigenvalue weighted by Crippen LogP contribution is -2.53. The van der Waals surface area contributed by atoms with Crippen molar-refractivity contribution in [2.45, 2.75) is 19.5 Å². The summed E-state index contributed by atoms with van der Waals surface area (Å²) in [6.07, 6.45) is 3.05. The van der Waals surface area contributed by atoms with Crippen molar-refractivity contribution in [1.82, 2.24) is 9.80 Å². The molecule has 0 radical (unpaired) electrons. The minimum Gasteiger partial charge on any atom is -0.366 e. The Balaban J connectivity index is 1.62. The van der Waals surface area contributed by atoms with Crippen LogP contribution in [0, 0.1) is 5.82 Å². The number of halogens is 2. The molecule has 1 aliphatic rings. The van der Waals surface area contributed by atoms with E-state index in [0.717, 1.165) is 25.2 Å². The fourth-order valence-corrected chi connectivity index (χ4v) is 3.67. The molecule has 3 rings (SSSR count). The topological polar surface area (TPSA) is 66.6 Å². The molecule has 0 spiro atoms. The molecular formula is C22H23ClFN3O2. The first-order valence-electron chi connectivity index (χ1n) is 9.38. The minimum absolute atomic E-state index is 0.0298. The van der Waals surface area contributed by atoms with Crippen LogP contribution in [0.2, 0.25) is 5.02 Å². The second-order valence-electron chi connectivity index (χ2n) is 7.17. The molecule has 1 fully saturated rings. The molecule has 29 heavy (non-hydrogen) atoms. The molecule has 2 aromatic carbocycles. The number of rotatable bonds is 5. The van der Waals surface area contributed by atoms with Gasteiger partial charge in [0.1, 0.15) is 5.82 Å². The van der Waals surface area contributed by atoms with Gasteiger partial charge in [0, 0.05) is 48.9 Å². The predicted molar refractivity (Wildman–Crippen MR) is 112 cm³/mol. The van der Waals surface area contributed by atoms with Gasteiger partial charge >= 0.3 is 0 Å². The summed E-state index contributed by atoms with van der Waals surface area (Å²) in [7, 11) is 0. The van der Waals surface area contributed by atoms with E-state index in [-0.39, 0.29) is 23.3 Å². The Morgan fingerprint density at radius 3 is 2.59 bits per heavy atom. The summed E-state index contributed by atoms with van der Waals surface area (Å²) in [5.41, 5.74) is 7.26. The second-order valence-corrected chi connectivity index (χ2v) is 7.61. The Morgan fingerprint density at radius 2 is 1.93 bits per heavy atom. The van der Waals surface area contributed by atoms with E-state index >= 15 is 0 Å². The third-order valence-corrected chi connectivity index (χ3v) is 5.24. The maximum absolute atomic E-state index is 13.1. The number of hydrogen-bond donors (Lipinski definition) is 1. The van der Waals surface area contributed by atoms with Crippen molar-refractivity contribution < 1.29 is 14.0 Å². The molecular weight excluding hydrogens is 393 g/mol. The van der Waals surface area contributed by atoms with Gasteiger partial charge < -0.3 is 10.6 Å². The van der Waals surface area contributed by atoms with Crippen LogP contribution in [0.15, 0.2) is 48.5 Å². The minimum atomic E-state index is -0.595. The van der Waals surface area contributed by atoms with Crippen molar-refractivity contribution in [2.24, 2.45) is 5.73 Å². The van der Waals surface area contributed by atoms with Gasteiger partial charge in [-0.05, 0) is 48.4 Å². The third-order valence-electron chi connectivity index (χ3n) is 5.00. The molecule has 1 atom stereocenters. The van der Waals surface area contributed by atoms with E-state index in [9.17, 15) is 14.0 Å². The van der Waals surface area contributed by atoms with Gasteiger partial charge in [-0.1, -0.05) is 29.8 Å². The zero-order valence-corrected chi connectivity index (χ0v) is 16.9. The van der Waals surface area contributed by atoms with Gasteiger partial charge in [-0.3, -0.25) is 14.5 Å². The van der Waals surface area contributed by atoms with E-state index < -0.39 is 5.91 Å². The number of hydrogen-bond acceptors (Lipinski definition) is 3. The molecule has 152 valence electrons. The van der Waals surface area contributed by atoms with Crippen molar-refractivity contribution in [3.8, 4) is 0 Å². The quantitative estimate of drug-likeness (QED) is 0.762. The maximum atomic E-state index is 13.1. The Hall–Kier alpha value is -2.70. The van der Waals surface area contributed by atoms with Crippen molar-refractivity contribution in [3.05, 3.63) is 76.1 Å². The fraction of sp³-hybridized carbons (Fsp3) is 0.273. The van der Waals surface area contributed by atoms with Gasteiger partial charge in [0.25, 0.3) is 0 Å². The van der Waals surface area contributed by atoms with Gasteiger partial charge in [0.05, 0.1) is 0 Å². The zero-order chi connectivity index (χ0) is 21.0. The van der Waals surface area contributed by atoms with E-state index in [1.807, 2.05) is 6.92 Å². The highest BCUT2D eigenvalue weighted by Gasteiger charge is 2.26. The molecule has 2 N–H and O–H groups in total. The number of benzene rings is 2. The third kappa shape index (κ3) is 5.43. The smallest absolute Gasteiger partial charge is 0.249 e. The van der Waals surface area contributed by atoms with Crippen LogP contribution in [0.5, 0.6) is 0 Å². The van der Waals surface area contributed by atoms with Crippen LogP contribution in [0.25, 0.3) is 6.08 Å². The molecule has 0 saturated carbocycles. The Bertz CT molecular complexity index is 930. The van der Waals surface area contributed by atoms with E-state index in [4.69, 9.17) is 17.3 Å². The first-order valence-corrected chi connectivity index (χ1v) is 9.76. The zero-order valence-electron chi connectivity index (χ0n) is 16.1. The molecule has 0 bridgehead atoms. The summed E-state index contributed by atoms with van der Waals surface area (Å²) in [5.74, 6) is -0.962. The highest BCUT2D eigenvalue weighted by Crippen LogP contribution is 2.18. The highest BCUT2D eigenvalue weighted by molar-refractivity contribution is 6.31. The van der Waals surface area contributed by atoms with Crippen LogP contribution in [-0.4, -0.2) is 47.3 Å². The predicted octanol–water partition coefficient (Wildman–Crippen LogP) is 3.32. The van der Waals surface area contributed by atoms with Gasteiger partial charge in [-0.25, -0.2) is 4.39 Å². The van der Waals surface area contributed by atoms with Crippen LogP contribution < -0.4 is 5.73 Å². The first kappa shape index (κ1) is 21.0. The maximum Gasteiger partial charge on any atom is 0.249 e. The van der Waals surface area contributed by atoms with Crippen LogP contribution in [0.1, 0.15) is 28.4 Å². The summed E-state index contributed by atoms with van der Waals surface area (Å²) in [4.78, 5) is 28.3. The van der Waals surface area contributed by atoms with E-state index in [1.54, 1.807) is 35.2 Å². The van der Waals surface area contributed by atoms with E-state index in [0.29, 0.717) is 17.1 Å². The van der Waals surface area contributed by atoms with Gasteiger partial charge in [-0.15, -0.1) is 0 Å². The van der Waals surface area contributed by atoms with E-state index in [2.05, 4.69) is 4.90 Å². The molecule has 1 saturated heterocycles. The molecule has 7 heteroatoms. The van der Waals surface area contributed by atoms with Crippen molar-refractivity contribution in [3.63, 3.8) is 0 Å². The number of primary amides is 1. The fourth-order valence-electron chi connectivity index (χ4n) is 3.50. The Morgan fingerprint density at radius 1 is 1.21 bits per heavy atom. The molecule has 0 aromatic heterocycles. The SMILES string of the molecule is C[C@@H]1CN(Cc2ccc(F)cc2)CCN1C(=O)/C=C/c1ccc(Cl)cc1C(N)=O. The van der Waals surface area contributed by atoms with Crippen LogP contribution in [0.3, 0.4) is 0 Å². The summed E-state index contributed by atoms with van der Waals surface area (Å²) in [5, 5.41) is 0.410. The lowest BCUT2D eigenvalue weighted by molar-refractivity contribution is -0.130. The van der Waals surface area contributed by atoms with Crippen LogP contribution in [-0.2, 0) is 11.3 Å². The number of piperazine rings is 1. The average molecular weight is 416 g/mol. The number of carbonyl (C=O) groups is 2. The summed E-state index contributed by atoms with van der Waals surface area (Å²) >= 11 is 5.91. The molecule has 1 heterocycles. The summed E-state index contributed by atoms with van der Waals surface area (Å²) < 4.78 is 13.1. The highest BCUT2D eigenvalue weighted by atomic mass is 35.5. The summed E-state index contributed by atoms with van der Waals surface area (Å²) in [6, 6.07) is 11.3. The van der Waals surface area contributed by atoms with Gasteiger partial charge in [-0.2, -0.15) is 0 Å². The Labute approximate surface area is 174 Å². The average Bonchev–Trinajstić information content (AvgIpc) is 2.68. The first-order chi connectivity index (χ1) is 13.8. The lowest BCUT2D eigenvalue weighted by atomic mass is 10.1. The number of nitrogens with zero attached hydrogens (tertiary/aromatic N) is 2. The van der Waals surface area contributed by atoms with Crippen molar-refractivity contribution in [2.75, 3.05) is 19.6 Å². The molecule has 0 aliphatic carbocycles. The van der Waals surface area contributed by atoms with Crippen LogP contribution in [0.4, 0.5) is 4.39 Å². The molecule has 2 amide bonds. The number of carbonyl (C=O) groups excluding carboxylic acids is 2. The lowest BCUT2D eigenvalue weighted by Gasteiger charge is -2.39. The summed E-state index contributed by atoms with van der Waals surface area (Å²) in [6.45, 7) is 4.77. The number of nitrogens with two attached hydrogens (primary N) is 1. The van der Waals surface area contributed by atoms with Crippen LogP contribution >= 0.6 is 11.6 Å². The molecule has 2 aromatic rings. The number of amides is 2.